The molecule has 0 saturated carbocycles. The number of hydrogen-bond acceptors (Lipinski definition) is 1. The molecule has 1 aromatic heterocycles. The Labute approximate surface area is 115 Å². The first-order valence-corrected chi connectivity index (χ1v) is 6.78. The van der Waals surface area contributed by atoms with E-state index in [1.165, 1.54) is 0 Å². The Morgan fingerprint density at radius 3 is 2.17 bits per heavy atom. The molecule has 1 aromatic carbocycles. The first-order chi connectivity index (χ1) is 8.40. The second kappa shape index (κ2) is 4.76. The molecule has 2 aromatic rings. The number of rotatable bonds is 2. The average molecular weight is 309 g/mol. The van der Waals surface area contributed by atoms with Gasteiger partial charge in [0.2, 0.25) is 0 Å². The number of H-pyrrole nitrogens is 1. The molecule has 3 nitrogen and oxygen atoms in total. The lowest BCUT2D eigenvalue weighted by Crippen LogP contribution is -2.14. The van der Waals surface area contributed by atoms with Crippen molar-refractivity contribution in [3.05, 3.63) is 49.8 Å². The summed E-state index contributed by atoms with van der Waals surface area (Å²) in [5.41, 5.74) is 4.07. The molecule has 0 fully saturated rings. The number of nitrogens with zero attached hydrogens (tertiary/aromatic N) is 1. The van der Waals surface area contributed by atoms with Gasteiger partial charge in [0.05, 0.1) is 11.4 Å². The van der Waals surface area contributed by atoms with Gasteiger partial charge in [0.1, 0.15) is 4.47 Å². The molecule has 0 aliphatic carbocycles. The first-order valence-electron chi connectivity index (χ1n) is 5.99. The molecule has 4 heteroatoms. The highest BCUT2D eigenvalue weighted by molar-refractivity contribution is 9.10. The standard InChI is InChI=1S/C14H17BrN2O/c1-8(2)13-12(15)14(18)17(16-13)11-6-9(3)5-10(4)7-11/h5-8,16H,1-4H3. The van der Waals surface area contributed by atoms with Crippen LogP contribution in [0.1, 0.15) is 36.6 Å². The topological polar surface area (TPSA) is 37.8 Å². The fourth-order valence-electron chi connectivity index (χ4n) is 2.08. The van der Waals surface area contributed by atoms with E-state index in [4.69, 9.17) is 0 Å². The van der Waals surface area contributed by atoms with Crippen LogP contribution in [0.25, 0.3) is 5.69 Å². The van der Waals surface area contributed by atoms with Crippen LogP contribution in [0.3, 0.4) is 0 Å². The van der Waals surface area contributed by atoms with E-state index in [1.807, 2.05) is 26.0 Å². The van der Waals surface area contributed by atoms with Gasteiger partial charge in [-0.2, -0.15) is 0 Å². The molecular weight excluding hydrogens is 292 g/mol. The molecular formula is C14H17BrN2O. The van der Waals surface area contributed by atoms with Gasteiger partial charge in [-0.3, -0.25) is 9.89 Å². The molecule has 18 heavy (non-hydrogen) atoms. The highest BCUT2D eigenvalue weighted by Gasteiger charge is 2.15. The van der Waals surface area contributed by atoms with E-state index < -0.39 is 0 Å². The summed E-state index contributed by atoms with van der Waals surface area (Å²) >= 11 is 3.37. The highest BCUT2D eigenvalue weighted by atomic mass is 79.9. The summed E-state index contributed by atoms with van der Waals surface area (Å²) in [5, 5.41) is 3.18. The third-order valence-electron chi connectivity index (χ3n) is 2.90. The van der Waals surface area contributed by atoms with Gasteiger partial charge in [-0.15, -0.1) is 0 Å². The molecule has 0 spiro atoms. The van der Waals surface area contributed by atoms with Crippen molar-refractivity contribution < 1.29 is 0 Å². The second-order valence-electron chi connectivity index (χ2n) is 4.98. The molecule has 0 amide bonds. The van der Waals surface area contributed by atoms with Crippen LogP contribution in [0.2, 0.25) is 0 Å². The van der Waals surface area contributed by atoms with Crippen LogP contribution >= 0.6 is 15.9 Å². The molecule has 0 bridgehead atoms. The second-order valence-corrected chi connectivity index (χ2v) is 5.77. The minimum atomic E-state index is -0.0382. The lowest BCUT2D eigenvalue weighted by Gasteiger charge is -2.06. The van der Waals surface area contributed by atoms with Crippen molar-refractivity contribution in [1.82, 2.24) is 9.78 Å². The van der Waals surface area contributed by atoms with Gasteiger partial charge in [-0.25, -0.2) is 4.68 Å². The fraction of sp³-hybridized carbons (Fsp3) is 0.357. The molecule has 0 saturated heterocycles. The first kappa shape index (κ1) is 13.1. The van der Waals surface area contributed by atoms with Crippen molar-refractivity contribution in [2.24, 2.45) is 0 Å². The predicted octanol–water partition coefficient (Wildman–Crippen LogP) is 3.67. The number of aromatic nitrogens is 2. The van der Waals surface area contributed by atoms with Crippen LogP contribution in [0.15, 0.2) is 27.5 Å². The normalized spacial score (nSPS) is 11.2. The fourth-order valence-corrected chi connectivity index (χ4v) is 2.80. The molecule has 1 N–H and O–H groups in total. The zero-order chi connectivity index (χ0) is 13.4. The number of aromatic amines is 1. The maximum absolute atomic E-state index is 12.2. The molecule has 2 rings (SSSR count). The van der Waals surface area contributed by atoms with Crippen molar-refractivity contribution in [2.45, 2.75) is 33.6 Å². The summed E-state index contributed by atoms with van der Waals surface area (Å²) < 4.78 is 2.22. The van der Waals surface area contributed by atoms with Crippen LogP contribution in [0.4, 0.5) is 0 Å². The van der Waals surface area contributed by atoms with Gasteiger partial charge in [-0.05, 0) is 59.0 Å². The van der Waals surface area contributed by atoms with E-state index in [1.54, 1.807) is 4.68 Å². The zero-order valence-electron chi connectivity index (χ0n) is 11.0. The van der Waals surface area contributed by atoms with E-state index in [0.29, 0.717) is 4.47 Å². The minimum Gasteiger partial charge on any atom is -0.294 e. The van der Waals surface area contributed by atoms with Crippen LogP contribution in [-0.4, -0.2) is 9.78 Å². The minimum absolute atomic E-state index is 0.0382. The van der Waals surface area contributed by atoms with E-state index in [0.717, 1.165) is 22.5 Å². The zero-order valence-corrected chi connectivity index (χ0v) is 12.6. The van der Waals surface area contributed by atoms with Gasteiger partial charge < -0.3 is 0 Å². The number of hydrogen-bond donors (Lipinski definition) is 1. The summed E-state index contributed by atoms with van der Waals surface area (Å²) in [6.45, 7) is 8.18. The maximum Gasteiger partial charge on any atom is 0.285 e. The van der Waals surface area contributed by atoms with Gasteiger partial charge >= 0.3 is 0 Å². The molecule has 0 unspecified atom stereocenters. The van der Waals surface area contributed by atoms with E-state index in [-0.39, 0.29) is 11.5 Å². The molecule has 96 valence electrons. The Balaban J connectivity index is 2.65. The van der Waals surface area contributed by atoms with Crippen molar-refractivity contribution in [3.8, 4) is 5.69 Å². The lowest BCUT2D eigenvalue weighted by molar-refractivity contribution is 0.759. The van der Waals surface area contributed by atoms with Crippen molar-refractivity contribution >= 4 is 15.9 Å². The third kappa shape index (κ3) is 2.29. The number of aryl methyl sites for hydroxylation is 2. The summed E-state index contributed by atoms with van der Waals surface area (Å²) in [5.74, 6) is 0.277. The summed E-state index contributed by atoms with van der Waals surface area (Å²) in [4.78, 5) is 12.2. The molecule has 0 radical (unpaired) electrons. The Kier molecular flexibility index (Phi) is 3.48. The summed E-state index contributed by atoms with van der Waals surface area (Å²) in [6.07, 6.45) is 0. The van der Waals surface area contributed by atoms with Gasteiger partial charge in [0, 0.05) is 0 Å². The summed E-state index contributed by atoms with van der Waals surface area (Å²) in [7, 11) is 0. The predicted molar refractivity (Wildman–Crippen MR) is 77.7 cm³/mol. The largest absolute Gasteiger partial charge is 0.294 e. The van der Waals surface area contributed by atoms with Crippen LogP contribution in [-0.2, 0) is 0 Å². The number of benzene rings is 1. The van der Waals surface area contributed by atoms with E-state index in [9.17, 15) is 4.79 Å². The Morgan fingerprint density at radius 1 is 1.17 bits per heavy atom. The van der Waals surface area contributed by atoms with Crippen molar-refractivity contribution in [3.63, 3.8) is 0 Å². The van der Waals surface area contributed by atoms with Crippen LogP contribution < -0.4 is 5.56 Å². The van der Waals surface area contributed by atoms with Gasteiger partial charge in [-0.1, -0.05) is 19.9 Å². The Hall–Kier alpha value is -1.29. The van der Waals surface area contributed by atoms with Gasteiger partial charge in [0.15, 0.2) is 0 Å². The summed E-state index contributed by atoms with van der Waals surface area (Å²) in [6, 6.07) is 6.10. The molecule has 0 aliphatic heterocycles. The highest BCUT2D eigenvalue weighted by Crippen LogP contribution is 2.21. The number of nitrogens with one attached hydrogen (secondary N) is 1. The smallest absolute Gasteiger partial charge is 0.285 e. The Bertz CT molecular complexity index is 617. The quantitative estimate of drug-likeness (QED) is 0.903. The third-order valence-corrected chi connectivity index (χ3v) is 3.67. The van der Waals surface area contributed by atoms with Crippen LogP contribution in [0.5, 0.6) is 0 Å². The molecule has 0 aliphatic rings. The van der Waals surface area contributed by atoms with Gasteiger partial charge in [0.25, 0.3) is 5.56 Å². The van der Waals surface area contributed by atoms with Crippen molar-refractivity contribution in [1.29, 1.82) is 0 Å². The monoisotopic (exact) mass is 308 g/mol. The Morgan fingerprint density at radius 2 is 1.72 bits per heavy atom. The number of halogens is 1. The molecule has 1 heterocycles. The van der Waals surface area contributed by atoms with E-state index >= 15 is 0 Å². The molecule has 0 atom stereocenters. The van der Waals surface area contributed by atoms with Crippen molar-refractivity contribution in [2.75, 3.05) is 0 Å². The average Bonchev–Trinajstić information content (AvgIpc) is 2.55. The van der Waals surface area contributed by atoms with Crippen LogP contribution in [0, 0.1) is 13.8 Å². The maximum atomic E-state index is 12.2. The van der Waals surface area contributed by atoms with E-state index in [2.05, 4.69) is 40.9 Å². The SMILES string of the molecule is Cc1cc(C)cc(-n2[nH]c(C(C)C)c(Br)c2=O)c1. The lowest BCUT2D eigenvalue weighted by atomic mass is 10.1.